The van der Waals surface area contributed by atoms with Crippen molar-refractivity contribution in [3.63, 3.8) is 0 Å². The van der Waals surface area contributed by atoms with E-state index in [0.717, 1.165) is 37.0 Å². The highest BCUT2D eigenvalue weighted by molar-refractivity contribution is 5.29. The fourth-order valence-corrected chi connectivity index (χ4v) is 2.84. The molecular formula is C16H24O3. The Morgan fingerprint density at radius 2 is 1.68 bits per heavy atom. The normalized spacial score (nSPS) is 20.6. The minimum Gasteiger partial charge on any atom is -0.494 e. The Hall–Kier alpha value is -1.06. The van der Waals surface area contributed by atoms with Crippen LogP contribution in [0.1, 0.15) is 57.1 Å². The summed E-state index contributed by atoms with van der Waals surface area (Å²) in [5.74, 6) is 0.798. The van der Waals surface area contributed by atoms with Crippen LogP contribution in [0.15, 0.2) is 24.3 Å². The standard InChI is InChI=1S/C16H24O3/c1-2-19-14-9-7-13(8-10-14)15(17)16(18)11-5-3-4-6-12-16/h7-10,15,17-18H,2-6,11-12H2,1H3. The topological polar surface area (TPSA) is 49.7 Å². The first-order valence-corrected chi connectivity index (χ1v) is 7.29. The lowest BCUT2D eigenvalue weighted by atomic mass is 9.84. The highest BCUT2D eigenvalue weighted by atomic mass is 16.5. The average Bonchev–Trinajstić information content (AvgIpc) is 2.65. The van der Waals surface area contributed by atoms with E-state index < -0.39 is 11.7 Å². The number of hydrogen-bond donors (Lipinski definition) is 2. The zero-order chi connectivity index (χ0) is 13.7. The van der Waals surface area contributed by atoms with Crippen LogP contribution in [0.4, 0.5) is 0 Å². The summed E-state index contributed by atoms with van der Waals surface area (Å²) < 4.78 is 5.39. The first kappa shape index (κ1) is 14.4. The molecule has 1 aliphatic rings. The predicted octanol–water partition coefficient (Wildman–Crippen LogP) is 3.20. The van der Waals surface area contributed by atoms with E-state index in [1.54, 1.807) is 0 Å². The summed E-state index contributed by atoms with van der Waals surface area (Å²) in [6.45, 7) is 2.57. The Balaban J connectivity index is 2.10. The molecule has 0 aromatic heterocycles. The van der Waals surface area contributed by atoms with Gasteiger partial charge in [-0.3, -0.25) is 0 Å². The van der Waals surface area contributed by atoms with Crippen molar-refractivity contribution in [1.29, 1.82) is 0 Å². The van der Waals surface area contributed by atoms with Gasteiger partial charge in [0.15, 0.2) is 0 Å². The molecule has 1 atom stereocenters. The molecule has 3 heteroatoms. The SMILES string of the molecule is CCOc1ccc(C(O)C2(O)CCCCCC2)cc1. The molecule has 1 saturated carbocycles. The zero-order valence-corrected chi connectivity index (χ0v) is 11.6. The Morgan fingerprint density at radius 3 is 2.21 bits per heavy atom. The van der Waals surface area contributed by atoms with Gasteiger partial charge in [0.05, 0.1) is 12.2 Å². The van der Waals surface area contributed by atoms with E-state index in [1.165, 1.54) is 0 Å². The summed E-state index contributed by atoms with van der Waals surface area (Å²) in [7, 11) is 0. The summed E-state index contributed by atoms with van der Waals surface area (Å²) in [5.41, 5.74) is -0.197. The molecule has 3 nitrogen and oxygen atoms in total. The molecule has 1 aliphatic carbocycles. The van der Waals surface area contributed by atoms with Crippen LogP contribution >= 0.6 is 0 Å². The smallest absolute Gasteiger partial charge is 0.119 e. The Labute approximate surface area is 115 Å². The Morgan fingerprint density at radius 1 is 1.11 bits per heavy atom. The molecule has 0 amide bonds. The number of aliphatic hydroxyl groups excluding tert-OH is 1. The number of ether oxygens (including phenoxy) is 1. The van der Waals surface area contributed by atoms with Crippen LogP contribution in [0.25, 0.3) is 0 Å². The van der Waals surface area contributed by atoms with Crippen LogP contribution in [-0.4, -0.2) is 22.4 Å². The van der Waals surface area contributed by atoms with Gasteiger partial charge in [-0.15, -0.1) is 0 Å². The molecule has 2 rings (SSSR count). The average molecular weight is 264 g/mol. The monoisotopic (exact) mass is 264 g/mol. The van der Waals surface area contributed by atoms with Crippen molar-refractivity contribution < 1.29 is 14.9 Å². The third-order valence-corrected chi connectivity index (χ3v) is 3.99. The van der Waals surface area contributed by atoms with Gasteiger partial charge in [-0.05, 0) is 37.5 Å². The minimum absolute atomic E-state index is 0.631. The molecule has 0 saturated heterocycles. The summed E-state index contributed by atoms with van der Waals surface area (Å²) in [6, 6.07) is 7.39. The van der Waals surface area contributed by atoms with Crippen molar-refractivity contribution in [2.45, 2.75) is 57.2 Å². The maximum absolute atomic E-state index is 10.7. The van der Waals surface area contributed by atoms with Crippen molar-refractivity contribution in [2.24, 2.45) is 0 Å². The van der Waals surface area contributed by atoms with Gasteiger partial charge < -0.3 is 14.9 Å². The molecule has 106 valence electrons. The van der Waals surface area contributed by atoms with E-state index in [1.807, 2.05) is 31.2 Å². The molecule has 0 aliphatic heterocycles. The van der Waals surface area contributed by atoms with E-state index in [0.29, 0.717) is 19.4 Å². The first-order valence-electron chi connectivity index (χ1n) is 7.29. The molecule has 0 spiro atoms. The van der Waals surface area contributed by atoms with E-state index in [9.17, 15) is 10.2 Å². The number of benzene rings is 1. The second-order valence-electron chi connectivity index (χ2n) is 5.42. The van der Waals surface area contributed by atoms with E-state index >= 15 is 0 Å². The molecule has 1 fully saturated rings. The van der Waals surface area contributed by atoms with E-state index in [-0.39, 0.29) is 0 Å². The van der Waals surface area contributed by atoms with Crippen molar-refractivity contribution in [1.82, 2.24) is 0 Å². The van der Waals surface area contributed by atoms with Gasteiger partial charge in [0.25, 0.3) is 0 Å². The van der Waals surface area contributed by atoms with Crippen LogP contribution in [0.5, 0.6) is 5.75 Å². The quantitative estimate of drug-likeness (QED) is 0.821. The van der Waals surface area contributed by atoms with Gasteiger partial charge >= 0.3 is 0 Å². The maximum atomic E-state index is 10.7. The van der Waals surface area contributed by atoms with Gasteiger partial charge in [0.2, 0.25) is 0 Å². The van der Waals surface area contributed by atoms with Gasteiger partial charge in [-0.25, -0.2) is 0 Å². The third kappa shape index (κ3) is 3.48. The zero-order valence-electron chi connectivity index (χ0n) is 11.6. The van der Waals surface area contributed by atoms with Gasteiger partial charge in [-0.2, -0.15) is 0 Å². The summed E-state index contributed by atoms with van der Waals surface area (Å²) in [5, 5.41) is 21.1. The number of rotatable bonds is 4. The van der Waals surface area contributed by atoms with Crippen molar-refractivity contribution >= 4 is 0 Å². The Bertz CT molecular complexity index is 377. The molecule has 2 N–H and O–H groups in total. The first-order chi connectivity index (χ1) is 9.15. The van der Waals surface area contributed by atoms with Gasteiger partial charge in [0.1, 0.15) is 11.9 Å². The van der Waals surface area contributed by atoms with E-state index in [2.05, 4.69) is 0 Å². The minimum atomic E-state index is -0.969. The second-order valence-corrected chi connectivity index (χ2v) is 5.42. The lowest BCUT2D eigenvalue weighted by molar-refractivity contribution is -0.0867. The fraction of sp³-hybridized carbons (Fsp3) is 0.625. The largest absolute Gasteiger partial charge is 0.494 e. The molecule has 0 radical (unpaired) electrons. The van der Waals surface area contributed by atoms with Crippen molar-refractivity contribution in [3.05, 3.63) is 29.8 Å². The van der Waals surface area contributed by atoms with Crippen LogP contribution in [-0.2, 0) is 0 Å². The molecule has 1 unspecified atom stereocenters. The third-order valence-electron chi connectivity index (χ3n) is 3.99. The van der Waals surface area contributed by atoms with Crippen LogP contribution in [0.2, 0.25) is 0 Å². The second kappa shape index (κ2) is 6.40. The van der Waals surface area contributed by atoms with Gasteiger partial charge in [0, 0.05) is 0 Å². The molecule has 1 aromatic rings. The summed E-state index contributed by atoms with van der Waals surface area (Å²) in [6.07, 6.45) is 4.84. The lowest BCUT2D eigenvalue weighted by Crippen LogP contribution is -2.35. The number of aliphatic hydroxyl groups is 2. The molecule has 0 bridgehead atoms. The molecule has 19 heavy (non-hydrogen) atoms. The fourth-order valence-electron chi connectivity index (χ4n) is 2.84. The number of hydrogen-bond acceptors (Lipinski definition) is 3. The molecular weight excluding hydrogens is 240 g/mol. The van der Waals surface area contributed by atoms with Crippen LogP contribution in [0, 0.1) is 0 Å². The molecule has 0 heterocycles. The van der Waals surface area contributed by atoms with E-state index in [4.69, 9.17) is 4.74 Å². The van der Waals surface area contributed by atoms with Crippen LogP contribution < -0.4 is 4.74 Å². The Kier molecular flexibility index (Phi) is 4.83. The summed E-state index contributed by atoms with van der Waals surface area (Å²) in [4.78, 5) is 0. The maximum Gasteiger partial charge on any atom is 0.119 e. The predicted molar refractivity (Wildman–Crippen MR) is 75.2 cm³/mol. The highest BCUT2D eigenvalue weighted by Gasteiger charge is 2.36. The van der Waals surface area contributed by atoms with Crippen LogP contribution in [0.3, 0.4) is 0 Å². The van der Waals surface area contributed by atoms with Crippen molar-refractivity contribution in [3.8, 4) is 5.75 Å². The van der Waals surface area contributed by atoms with Crippen molar-refractivity contribution in [2.75, 3.05) is 6.61 Å². The molecule has 1 aromatic carbocycles. The lowest BCUT2D eigenvalue weighted by Gasteiger charge is -2.32. The highest BCUT2D eigenvalue weighted by Crippen LogP contribution is 2.37. The van der Waals surface area contributed by atoms with Gasteiger partial charge in [-0.1, -0.05) is 37.8 Å². The summed E-state index contributed by atoms with van der Waals surface area (Å²) >= 11 is 0.